The normalized spacial score (nSPS) is 18.2. The van der Waals surface area contributed by atoms with Crippen LogP contribution in [0, 0.1) is 0 Å². The van der Waals surface area contributed by atoms with Crippen LogP contribution in [-0.4, -0.2) is 49.5 Å². The van der Waals surface area contributed by atoms with Crippen molar-refractivity contribution in [3.63, 3.8) is 0 Å². The molecule has 1 aliphatic heterocycles. The predicted molar refractivity (Wildman–Crippen MR) is 133 cm³/mol. The van der Waals surface area contributed by atoms with Gasteiger partial charge in [0.2, 0.25) is 5.91 Å². The third kappa shape index (κ3) is 4.20. The number of hydrogen-bond acceptors (Lipinski definition) is 4. The van der Waals surface area contributed by atoms with Crippen molar-refractivity contribution in [3.8, 4) is 0 Å². The van der Waals surface area contributed by atoms with Crippen molar-refractivity contribution >= 4 is 28.0 Å². The van der Waals surface area contributed by atoms with Crippen LogP contribution >= 0.6 is 0 Å². The number of hydrogen-bond donors (Lipinski definition) is 2. The number of imidazole rings is 1. The summed E-state index contributed by atoms with van der Waals surface area (Å²) in [6.45, 7) is 3.06. The summed E-state index contributed by atoms with van der Waals surface area (Å²) in [4.78, 5) is 28.2. The van der Waals surface area contributed by atoms with Gasteiger partial charge in [0.25, 0.3) is 0 Å². The summed E-state index contributed by atoms with van der Waals surface area (Å²) in [6, 6.07) is 13.4. The number of piperidine rings is 1. The number of pyridine rings is 1. The molecule has 0 unspecified atom stereocenters. The van der Waals surface area contributed by atoms with Gasteiger partial charge in [-0.2, -0.15) is 0 Å². The van der Waals surface area contributed by atoms with Gasteiger partial charge in [-0.25, -0.2) is 9.97 Å². The lowest BCUT2D eigenvalue weighted by atomic mass is 10.0. The highest BCUT2D eigenvalue weighted by molar-refractivity contribution is 6.01. The highest BCUT2D eigenvalue weighted by atomic mass is 16.1. The summed E-state index contributed by atoms with van der Waals surface area (Å²) in [5, 5.41) is 4.33. The first-order valence-corrected chi connectivity index (χ1v) is 12.6. The van der Waals surface area contributed by atoms with Crippen molar-refractivity contribution in [2.24, 2.45) is 0 Å². The molecule has 2 fully saturated rings. The lowest BCUT2D eigenvalue weighted by Crippen LogP contribution is -2.36. The van der Waals surface area contributed by atoms with Crippen molar-refractivity contribution in [1.82, 2.24) is 29.7 Å². The molecule has 1 aliphatic carbocycles. The Balaban J connectivity index is 1.27. The third-order valence-corrected chi connectivity index (χ3v) is 7.52. The second-order valence-corrected chi connectivity index (χ2v) is 9.85. The molecule has 0 spiro atoms. The van der Waals surface area contributed by atoms with Crippen molar-refractivity contribution in [3.05, 3.63) is 60.2 Å². The number of fused-ring (bicyclic) bond motifs is 3. The van der Waals surface area contributed by atoms with Crippen molar-refractivity contribution in [1.29, 1.82) is 0 Å². The maximum Gasteiger partial charge on any atom is 0.227 e. The average molecular weight is 457 g/mol. The number of aromatic nitrogens is 4. The Hall–Kier alpha value is -3.19. The van der Waals surface area contributed by atoms with E-state index in [-0.39, 0.29) is 5.91 Å². The third-order valence-electron chi connectivity index (χ3n) is 7.52. The zero-order valence-corrected chi connectivity index (χ0v) is 19.5. The molecule has 7 heteroatoms. The van der Waals surface area contributed by atoms with E-state index in [1.54, 1.807) is 0 Å². The summed E-state index contributed by atoms with van der Waals surface area (Å²) in [5.41, 5.74) is 4.22. The molecule has 1 aromatic carbocycles. The number of likely N-dealkylation sites (tertiary alicyclic amines) is 1. The topological polar surface area (TPSA) is 78.8 Å². The Morgan fingerprint density at radius 1 is 1.06 bits per heavy atom. The molecule has 176 valence electrons. The summed E-state index contributed by atoms with van der Waals surface area (Å²) in [5.74, 6) is 0.950. The van der Waals surface area contributed by atoms with Crippen LogP contribution in [0.15, 0.2) is 48.8 Å². The van der Waals surface area contributed by atoms with Crippen molar-refractivity contribution in [2.45, 2.75) is 63.6 Å². The van der Waals surface area contributed by atoms with Crippen LogP contribution in [0.4, 0.5) is 0 Å². The number of benzene rings is 1. The Kier molecular flexibility index (Phi) is 5.79. The number of amides is 1. The van der Waals surface area contributed by atoms with E-state index in [1.807, 2.05) is 12.4 Å². The van der Waals surface area contributed by atoms with Crippen LogP contribution < -0.4 is 5.32 Å². The molecular weight excluding hydrogens is 424 g/mol. The van der Waals surface area contributed by atoms with Gasteiger partial charge in [-0.3, -0.25) is 9.69 Å². The second-order valence-electron chi connectivity index (χ2n) is 9.85. The van der Waals surface area contributed by atoms with E-state index in [0.717, 1.165) is 73.2 Å². The van der Waals surface area contributed by atoms with E-state index >= 15 is 0 Å². The van der Waals surface area contributed by atoms with Gasteiger partial charge in [-0.15, -0.1) is 0 Å². The number of rotatable bonds is 6. The fourth-order valence-electron chi connectivity index (χ4n) is 5.83. The van der Waals surface area contributed by atoms with Crippen LogP contribution in [0.2, 0.25) is 0 Å². The van der Waals surface area contributed by atoms with Gasteiger partial charge < -0.3 is 14.9 Å². The molecule has 0 radical (unpaired) electrons. The molecule has 0 bridgehead atoms. The van der Waals surface area contributed by atoms with E-state index in [9.17, 15) is 4.79 Å². The lowest BCUT2D eigenvalue weighted by molar-refractivity contribution is -0.121. The van der Waals surface area contributed by atoms with Crippen LogP contribution in [0.25, 0.3) is 22.1 Å². The van der Waals surface area contributed by atoms with Crippen LogP contribution in [0.3, 0.4) is 0 Å². The van der Waals surface area contributed by atoms with Crippen LogP contribution in [-0.2, 0) is 17.8 Å². The standard InChI is InChI=1S/C27H32N6O/c34-25(30-20-8-4-5-9-20)16-24-31-23-17-29-27-22(10-13-28-27)26(23)33(24)21-11-14-32(15-12-21)18-19-6-2-1-3-7-19/h1-3,6-7,10,13,17,20-21H,4-5,8-9,11-12,14-16,18H2,(H,28,29)(H,30,34). The Morgan fingerprint density at radius 2 is 1.85 bits per heavy atom. The minimum atomic E-state index is 0.0863. The average Bonchev–Trinajstić information content (AvgIpc) is 3.60. The maximum atomic E-state index is 13.0. The first-order chi connectivity index (χ1) is 16.7. The zero-order chi connectivity index (χ0) is 22.9. The van der Waals surface area contributed by atoms with Gasteiger partial charge in [-0.1, -0.05) is 43.2 Å². The lowest BCUT2D eigenvalue weighted by Gasteiger charge is -2.33. The van der Waals surface area contributed by atoms with Gasteiger partial charge in [0.15, 0.2) is 0 Å². The quantitative estimate of drug-likeness (QED) is 0.452. The van der Waals surface area contributed by atoms with E-state index in [0.29, 0.717) is 18.5 Å². The molecule has 6 rings (SSSR count). The first-order valence-electron chi connectivity index (χ1n) is 12.6. The molecule has 0 atom stereocenters. The largest absolute Gasteiger partial charge is 0.353 e. The molecule has 34 heavy (non-hydrogen) atoms. The molecular formula is C27H32N6O. The van der Waals surface area contributed by atoms with Gasteiger partial charge in [0.1, 0.15) is 17.0 Å². The monoisotopic (exact) mass is 456 g/mol. The number of aromatic amines is 1. The summed E-state index contributed by atoms with van der Waals surface area (Å²) >= 11 is 0. The minimum Gasteiger partial charge on any atom is -0.353 e. The molecule has 1 amide bonds. The summed E-state index contributed by atoms with van der Waals surface area (Å²) < 4.78 is 2.36. The molecule has 2 aliphatic rings. The van der Waals surface area contributed by atoms with Gasteiger partial charge in [-0.05, 0) is 37.3 Å². The van der Waals surface area contributed by atoms with Gasteiger partial charge in [0, 0.05) is 43.3 Å². The number of carbonyl (C=O) groups excluding carboxylic acids is 1. The number of nitrogens with one attached hydrogen (secondary N) is 2. The van der Waals surface area contributed by atoms with Crippen molar-refractivity contribution < 1.29 is 4.79 Å². The number of H-pyrrole nitrogens is 1. The summed E-state index contributed by atoms with van der Waals surface area (Å²) in [6.07, 6.45) is 10.8. The van der Waals surface area contributed by atoms with Gasteiger partial charge >= 0.3 is 0 Å². The second kappa shape index (κ2) is 9.22. The highest BCUT2D eigenvalue weighted by Crippen LogP contribution is 2.33. The van der Waals surface area contributed by atoms with Crippen molar-refractivity contribution in [2.75, 3.05) is 13.1 Å². The van der Waals surface area contributed by atoms with Crippen LogP contribution in [0.1, 0.15) is 56.0 Å². The Labute approximate surface area is 199 Å². The number of nitrogens with zero attached hydrogens (tertiary/aromatic N) is 4. The smallest absolute Gasteiger partial charge is 0.227 e. The maximum absolute atomic E-state index is 13.0. The minimum absolute atomic E-state index is 0.0863. The molecule has 2 N–H and O–H groups in total. The first kappa shape index (κ1) is 21.4. The highest BCUT2D eigenvalue weighted by Gasteiger charge is 2.27. The summed E-state index contributed by atoms with van der Waals surface area (Å²) in [7, 11) is 0. The Morgan fingerprint density at radius 3 is 2.65 bits per heavy atom. The van der Waals surface area contributed by atoms with E-state index in [2.05, 4.69) is 61.1 Å². The molecule has 7 nitrogen and oxygen atoms in total. The fraction of sp³-hybridized carbons (Fsp3) is 0.444. The molecule has 3 aromatic heterocycles. The SMILES string of the molecule is O=C(Cc1nc2cnc3[nH]ccc3c2n1C1CCN(Cc2ccccc2)CC1)NC1CCCC1. The fourth-order valence-corrected chi connectivity index (χ4v) is 5.83. The zero-order valence-electron chi connectivity index (χ0n) is 19.5. The van der Waals surface area contributed by atoms with Gasteiger partial charge in [0.05, 0.1) is 18.1 Å². The molecule has 1 saturated carbocycles. The Bertz CT molecular complexity index is 1280. The molecule has 4 aromatic rings. The molecule has 4 heterocycles. The van der Waals surface area contributed by atoms with Crippen LogP contribution in [0.5, 0.6) is 0 Å². The van der Waals surface area contributed by atoms with E-state index < -0.39 is 0 Å². The predicted octanol–water partition coefficient (Wildman–Crippen LogP) is 4.35. The number of carbonyl (C=O) groups is 1. The van der Waals surface area contributed by atoms with E-state index in [4.69, 9.17) is 4.98 Å². The molecule has 1 saturated heterocycles. The van der Waals surface area contributed by atoms with E-state index in [1.165, 1.54) is 18.4 Å².